The second-order valence-electron chi connectivity index (χ2n) is 7.14. The standard InChI is InChI=1S/C21H23ClN2O/c22-18-8-6-17(7-9-18)21(25)23-20-16-10-12-24(13-11-16)19(20)14-15-4-2-1-3-5-15/h1-9,16,19-20H,10-14H2,(H,23,25)/t19-,20+/m1/s1. The summed E-state index contributed by atoms with van der Waals surface area (Å²) < 4.78 is 0. The molecule has 130 valence electrons. The molecule has 0 aromatic heterocycles. The molecule has 1 N–H and O–H groups in total. The van der Waals surface area contributed by atoms with E-state index < -0.39 is 0 Å². The molecule has 3 nitrogen and oxygen atoms in total. The van der Waals surface area contributed by atoms with Gasteiger partial charge in [0.2, 0.25) is 0 Å². The third-order valence-corrected chi connectivity index (χ3v) is 5.91. The van der Waals surface area contributed by atoms with E-state index >= 15 is 0 Å². The summed E-state index contributed by atoms with van der Waals surface area (Å²) in [7, 11) is 0. The smallest absolute Gasteiger partial charge is 0.251 e. The molecule has 5 rings (SSSR count). The number of rotatable bonds is 4. The Kier molecular flexibility index (Phi) is 4.78. The molecule has 3 fully saturated rings. The van der Waals surface area contributed by atoms with Gasteiger partial charge in [-0.05, 0) is 68.1 Å². The summed E-state index contributed by atoms with van der Waals surface area (Å²) in [6.07, 6.45) is 3.34. The predicted molar refractivity (Wildman–Crippen MR) is 101 cm³/mol. The van der Waals surface area contributed by atoms with Crippen molar-refractivity contribution in [2.24, 2.45) is 5.92 Å². The van der Waals surface area contributed by atoms with Crippen molar-refractivity contribution < 1.29 is 4.79 Å². The van der Waals surface area contributed by atoms with E-state index in [4.69, 9.17) is 11.6 Å². The number of nitrogens with one attached hydrogen (secondary N) is 1. The van der Waals surface area contributed by atoms with Crippen LogP contribution < -0.4 is 5.32 Å². The summed E-state index contributed by atoms with van der Waals surface area (Å²) in [6, 6.07) is 18.3. The molecule has 1 amide bonds. The Bertz CT molecular complexity index is 723. The van der Waals surface area contributed by atoms with E-state index in [1.807, 2.05) is 0 Å². The van der Waals surface area contributed by atoms with Crippen molar-refractivity contribution in [1.82, 2.24) is 10.2 Å². The fraction of sp³-hybridized carbons (Fsp3) is 0.381. The lowest BCUT2D eigenvalue weighted by Gasteiger charge is -2.51. The number of benzene rings is 2. The van der Waals surface area contributed by atoms with Gasteiger partial charge in [0.25, 0.3) is 5.91 Å². The minimum atomic E-state index is 0.00785. The summed E-state index contributed by atoms with van der Waals surface area (Å²) in [5, 5.41) is 3.99. The summed E-state index contributed by atoms with van der Waals surface area (Å²) in [5.74, 6) is 0.587. The van der Waals surface area contributed by atoms with Crippen LogP contribution in [0.1, 0.15) is 28.8 Å². The zero-order valence-electron chi connectivity index (χ0n) is 14.2. The molecule has 0 spiro atoms. The predicted octanol–water partition coefficient (Wildman–Crippen LogP) is 3.78. The fourth-order valence-corrected chi connectivity index (χ4v) is 4.44. The van der Waals surface area contributed by atoms with Crippen LogP contribution in [0.5, 0.6) is 0 Å². The Morgan fingerprint density at radius 2 is 1.72 bits per heavy atom. The maximum atomic E-state index is 12.7. The Morgan fingerprint density at radius 3 is 2.40 bits per heavy atom. The van der Waals surface area contributed by atoms with Crippen molar-refractivity contribution in [2.75, 3.05) is 13.1 Å². The second-order valence-corrected chi connectivity index (χ2v) is 7.57. The number of hydrogen-bond acceptors (Lipinski definition) is 2. The van der Waals surface area contributed by atoms with Crippen molar-refractivity contribution in [3.8, 4) is 0 Å². The molecule has 2 aromatic carbocycles. The van der Waals surface area contributed by atoms with E-state index in [-0.39, 0.29) is 11.9 Å². The zero-order chi connectivity index (χ0) is 17.2. The Hall–Kier alpha value is -1.84. The van der Waals surface area contributed by atoms with Crippen LogP contribution in [0.25, 0.3) is 0 Å². The molecule has 0 radical (unpaired) electrons. The average Bonchev–Trinajstić information content (AvgIpc) is 2.66. The summed E-state index contributed by atoms with van der Waals surface area (Å²) in [5.41, 5.74) is 2.02. The molecule has 0 saturated carbocycles. The van der Waals surface area contributed by atoms with Gasteiger partial charge in [-0.1, -0.05) is 41.9 Å². The molecular weight excluding hydrogens is 332 g/mol. The van der Waals surface area contributed by atoms with Crippen molar-refractivity contribution in [3.05, 3.63) is 70.7 Å². The molecule has 3 aliphatic heterocycles. The summed E-state index contributed by atoms with van der Waals surface area (Å²) >= 11 is 5.93. The van der Waals surface area contributed by atoms with Gasteiger partial charge in [0.15, 0.2) is 0 Å². The molecular formula is C21H23ClN2O. The van der Waals surface area contributed by atoms with Gasteiger partial charge in [0.05, 0.1) is 0 Å². The number of amides is 1. The lowest BCUT2D eigenvalue weighted by Crippen LogP contribution is -2.64. The number of hydrogen-bond donors (Lipinski definition) is 1. The van der Waals surface area contributed by atoms with Crippen LogP contribution in [-0.4, -0.2) is 36.0 Å². The van der Waals surface area contributed by atoms with Gasteiger partial charge in [-0.3, -0.25) is 9.69 Å². The Morgan fingerprint density at radius 1 is 1.04 bits per heavy atom. The quantitative estimate of drug-likeness (QED) is 0.906. The third-order valence-electron chi connectivity index (χ3n) is 5.66. The van der Waals surface area contributed by atoms with E-state index in [9.17, 15) is 4.79 Å². The highest BCUT2D eigenvalue weighted by Crippen LogP contribution is 2.34. The molecule has 0 unspecified atom stereocenters. The van der Waals surface area contributed by atoms with Gasteiger partial charge in [0.1, 0.15) is 0 Å². The van der Waals surface area contributed by atoms with E-state index in [1.54, 1.807) is 24.3 Å². The van der Waals surface area contributed by atoms with Crippen LogP contribution in [0.2, 0.25) is 5.02 Å². The second kappa shape index (κ2) is 7.19. The largest absolute Gasteiger partial charge is 0.347 e. The van der Waals surface area contributed by atoms with Gasteiger partial charge >= 0.3 is 0 Å². The maximum Gasteiger partial charge on any atom is 0.251 e. The van der Waals surface area contributed by atoms with Gasteiger partial charge < -0.3 is 5.32 Å². The van der Waals surface area contributed by atoms with Crippen molar-refractivity contribution in [1.29, 1.82) is 0 Å². The average molecular weight is 355 g/mol. The zero-order valence-corrected chi connectivity index (χ0v) is 15.0. The van der Waals surface area contributed by atoms with Crippen LogP contribution in [0.4, 0.5) is 0 Å². The Balaban J connectivity index is 1.52. The van der Waals surface area contributed by atoms with Crippen LogP contribution in [0.3, 0.4) is 0 Å². The highest BCUT2D eigenvalue weighted by atomic mass is 35.5. The molecule has 2 aromatic rings. The molecule has 0 aliphatic carbocycles. The van der Waals surface area contributed by atoms with E-state index in [0.29, 0.717) is 22.5 Å². The normalized spacial score (nSPS) is 27.9. The van der Waals surface area contributed by atoms with Gasteiger partial charge in [0, 0.05) is 22.7 Å². The van der Waals surface area contributed by atoms with Crippen LogP contribution >= 0.6 is 11.6 Å². The van der Waals surface area contributed by atoms with E-state index in [0.717, 1.165) is 19.5 Å². The summed E-state index contributed by atoms with van der Waals surface area (Å²) in [6.45, 7) is 2.30. The minimum absolute atomic E-state index is 0.00785. The number of piperidine rings is 3. The van der Waals surface area contributed by atoms with Crippen molar-refractivity contribution >= 4 is 17.5 Å². The van der Waals surface area contributed by atoms with Crippen LogP contribution in [0.15, 0.2) is 54.6 Å². The molecule has 25 heavy (non-hydrogen) atoms. The fourth-order valence-electron chi connectivity index (χ4n) is 4.31. The number of nitrogens with zero attached hydrogens (tertiary/aromatic N) is 1. The maximum absolute atomic E-state index is 12.7. The molecule has 4 heteroatoms. The lowest BCUT2D eigenvalue weighted by atomic mass is 9.76. The lowest BCUT2D eigenvalue weighted by molar-refractivity contribution is 0.0136. The molecule has 3 saturated heterocycles. The van der Waals surface area contributed by atoms with Crippen LogP contribution in [-0.2, 0) is 6.42 Å². The first-order valence-electron chi connectivity index (χ1n) is 9.05. The number of carbonyl (C=O) groups excluding carboxylic acids is 1. The SMILES string of the molecule is O=C(N[C@H]1C2CCN(CC2)[C@@H]1Cc1ccccc1)c1ccc(Cl)cc1. The van der Waals surface area contributed by atoms with E-state index in [1.165, 1.54) is 18.4 Å². The molecule has 2 atom stereocenters. The number of halogens is 1. The number of carbonyl (C=O) groups is 1. The van der Waals surface area contributed by atoms with Crippen LogP contribution in [0, 0.1) is 5.92 Å². The highest BCUT2D eigenvalue weighted by molar-refractivity contribution is 6.30. The first kappa shape index (κ1) is 16.6. The Labute approximate surface area is 154 Å². The molecule has 2 bridgehead atoms. The van der Waals surface area contributed by atoms with Crippen molar-refractivity contribution in [2.45, 2.75) is 31.3 Å². The monoisotopic (exact) mass is 354 g/mol. The first-order valence-corrected chi connectivity index (χ1v) is 9.43. The van der Waals surface area contributed by atoms with Gasteiger partial charge in [-0.15, -0.1) is 0 Å². The highest BCUT2D eigenvalue weighted by Gasteiger charge is 2.42. The van der Waals surface area contributed by atoms with Gasteiger partial charge in [-0.25, -0.2) is 0 Å². The third kappa shape index (κ3) is 3.58. The molecule has 3 heterocycles. The summed E-state index contributed by atoms with van der Waals surface area (Å²) in [4.78, 5) is 15.3. The number of fused-ring (bicyclic) bond motifs is 3. The molecule has 3 aliphatic rings. The van der Waals surface area contributed by atoms with Gasteiger partial charge in [-0.2, -0.15) is 0 Å². The topological polar surface area (TPSA) is 32.3 Å². The first-order chi connectivity index (χ1) is 12.2. The van der Waals surface area contributed by atoms with Crippen molar-refractivity contribution in [3.63, 3.8) is 0 Å². The minimum Gasteiger partial charge on any atom is -0.347 e. The van der Waals surface area contributed by atoms with E-state index in [2.05, 4.69) is 40.5 Å².